The molecule has 1 heterocycles. The van der Waals surface area contributed by atoms with Crippen LogP contribution in [0.3, 0.4) is 0 Å². The third-order valence-electron chi connectivity index (χ3n) is 5.18. The molecule has 0 radical (unpaired) electrons. The van der Waals surface area contributed by atoms with Gasteiger partial charge in [-0.15, -0.1) is 0 Å². The van der Waals surface area contributed by atoms with Crippen LogP contribution >= 0.6 is 0 Å². The number of aryl methyl sites for hydroxylation is 1. The topological polar surface area (TPSA) is 101 Å². The van der Waals surface area contributed by atoms with Crippen LogP contribution in [0.5, 0.6) is 0 Å². The number of carbonyl (C=O) groups is 1. The first-order valence-corrected chi connectivity index (χ1v) is 11.0. The fourth-order valence-corrected chi connectivity index (χ4v) is 4.53. The van der Waals surface area contributed by atoms with Gasteiger partial charge in [-0.1, -0.05) is 44.5 Å². The molecule has 8 heteroatoms. The van der Waals surface area contributed by atoms with E-state index in [9.17, 15) is 18.3 Å². The molecule has 0 saturated heterocycles. The minimum atomic E-state index is -3.93. The van der Waals surface area contributed by atoms with E-state index in [2.05, 4.69) is 14.3 Å². The number of fused-ring (bicyclic) bond motifs is 1. The molecule has 0 bridgehead atoms. The maximum Gasteiger partial charge on any atom is 0.322 e. The van der Waals surface area contributed by atoms with Crippen LogP contribution in [0.4, 0.5) is 0 Å². The minimum absolute atomic E-state index is 0.0445. The summed E-state index contributed by atoms with van der Waals surface area (Å²) in [4.78, 5) is 16.0. The van der Waals surface area contributed by atoms with Gasteiger partial charge in [-0.25, -0.2) is 13.4 Å². The first kappa shape index (κ1) is 21.0. The lowest BCUT2D eigenvalue weighted by molar-refractivity contribution is -0.140. The Hall–Kier alpha value is -2.71. The van der Waals surface area contributed by atoms with Crippen molar-refractivity contribution in [3.8, 4) is 0 Å². The second kappa shape index (κ2) is 8.34. The smallest absolute Gasteiger partial charge is 0.322 e. The Morgan fingerprint density at radius 3 is 2.45 bits per heavy atom. The Kier molecular flexibility index (Phi) is 6.04. The van der Waals surface area contributed by atoms with E-state index in [0.717, 1.165) is 22.4 Å². The predicted octanol–water partition coefficient (Wildman–Crippen LogP) is 3.17. The second-order valence-electron chi connectivity index (χ2n) is 7.20. The summed E-state index contributed by atoms with van der Waals surface area (Å²) >= 11 is 0. The van der Waals surface area contributed by atoms with Crippen molar-refractivity contribution in [1.29, 1.82) is 0 Å². The average molecular weight is 416 g/mol. The Bertz CT molecular complexity index is 1120. The summed E-state index contributed by atoms with van der Waals surface area (Å²) < 4.78 is 29.7. The summed E-state index contributed by atoms with van der Waals surface area (Å²) in [5.74, 6) is -0.622. The number of nitrogens with one attached hydrogen (secondary N) is 1. The van der Waals surface area contributed by atoms with E-state index in [1.165, 1.54) is 12.1 Å². The SMILES string of the molecule is CC[C@H](C)[C@H](NS(=O)(=O)c1ccc(Cn2c(C)nc3ccccc32)cc1)C(=O)O. The van der Waals surface area contributed by atoms with Crippen molar-refractivity contribution in [3.05, 3.63) is 59.9 Å². The van der Waals surface area contributed by atoms with Crippen molar-refractivity contribution in [3.63, 3.8) is 0 Å². The molecule has 2 aromatic carbocycles. The Morgan fingerprint density at radius 2 is 1.83 bits per heavy atom. The third kappa shape index (κ3) is 4.49. The zero-order chi connectivity index (χ0) is 21.2. The van der Waals surface area contributed by atoms with Gasteiger partial charge in [-0.3, -0.25) is 4.79 Å². The van der Waals surface area contributed by atoms with Crippen LogP contribution in [-0.4, -0.2) is 35.1 Å². The molecule has 3 aromatic rings. The van der Waals surface area contributed by atoms with Gasteiger partial charge in [-0.05, 0) is 42.7 Å². The molecule has 2 atom stereocenters. The number of hydrogen-bond acceptors (Lipinski definition) is 4. The largest absolute Gasteiger partial charge is 0.480 e. The molecular weight excluding hydrogens is 390 g/mol. The van der Waals surface area contributed by atoms with Crippen LogP contribution in [0.2, 0.25) is 0 Å². The highest BCUT2D eigenvalue weighted by Gasteiger charge is 2.29. The Balaban J connectivity index is 1.82. The van der Waals surface area contributed by atoms with Crippen LogP contribution in [0, 0.1) is 12.8 Å². The first-order chi connectivity index (χ1) is 13.7. The maximum absolute atomic E-state index is 12.6. The molecule has 0 aliphatic rings. The molecule has 0 aliphatic carbocycles. The molecule has 1 aromatic heterocycles. The van der Waals surface area contributed by atoms with E-state index in [-0.39, 0.29) is 10.8 Å². The van der Waals surface area contributed by atoms with Gasteiger partial charge in [0.1, 0.15) is 11.9 Å². The molecule has 0 saturated carbocycles. The van der Waals surface area contributed by atoms with Crippen molar-refractivity contribution in [2.75, 3.05) is 0 Å². The van der Waals surface area contributed by atoms with Crippen molar-refractivity contribution in [1.82, 2.24) is 14.3 Å². The van der Waals surface area contributed by atoms with E-state index >= 15 is 0 Å². The summed E-state index contributed by atoms with van der Waals surface area (Å²) in [5.41, 5.74) is 2.85. The monoisotopic (exact) mass is 415 g/mol. The molecule has 0 aliphatic heterocycles. The molecule has 7 nitrogen and oxygen atoms in total. The number of nitrogens with zero attached hydrogens (tertiary/aromatic N) is 2. The second-order valence-corrected chi connectivity index (χ2v) is 8.91. The lowest BCUT2D eigenvalue weighted by Gasteiger charge is -2.20. The van der Waals surface area contributed by atoms with Gasteiger partial charge < -0.3 is 9.67 Å². The van der Waals surface area contributed by atoms with E-state index in [0.29, 0.717) is 13.0 Å². The number of carboxylic acid groups (broad SMARTS) is 1. The van der Waals surface area contributed by atoms with Gasteiger partial charge in [0.05, 0.1) is 15.9 Å². The Labute approximate surface area is 170 Å². The summed E-state index contributed by atoms with van der Waals surface area (Å²) in [6.07, 6.45) is 0.552. The van der Waals surface area contributed by atoms with E-state index in [4.69, 9.17) is 0 Å². The first-order valence-electron chi connectivity index (χ1n) is 9.49. The van der Waals surface area contributed by atoms with Gasteiger partial charge in [0.2, 0.25) is 10.0 Å². The number of para-hydroxylation sites is 2. The van der Waals surface area contributed by atoms with Crippen LogP contribution < -0.4 is 4.72 Å². The highest BCUT2D eigenvalue weighted by molar-refractivity contribution is 7.89. The van der Waals surface area contributed by atoms with Gasteiger partial charge >= 0.3 is 5.97 Å². The molecular formula is C21H25N3O4S. The molecule has 3 rings (SSSR count). The standard InChI is InChI=1S/C21H25N3O4S/c1-4-14(2)20(21(25)26)23-29(27,28)17-11-9-16(10-12-17)13-24-15(3)22-18-7-5-6-8-19(18)24/h5-12,14,20,23H,4,13H2,1-3H3,(H,25,26)/t14-,20-/m0/s1. The molecule has 0 amide bonds. The minimum Gasteiger partial charge on any atom is -0.480 e. The summed E-state index contributed by atoms with van der Waals surface area (Å²) in [6.45, 7) is 6.03. The molecule has 0 fully saturated rings. The number of benzene rings is 2. The van der Waals surface area contributed by atoms with Gasteiger partial charge in [0.25, 0.3) is 0 Å². The molecule has 29 heavy (non-hydrogen) atoms. The number of rotatable bonds is 8. The predicted molar refractivity (Wildman–Crippen MR) is 111 cm³/mol. The lowest BCUT2D eigenvalue weighted by atomic mass is 10.0. The fraction of sp³-hybridized carbons (Fsp3) is 0.333. The van der Waals surface area contributed by atoms with Crippen molar-refractivity contribution >= 4 is 27.0 Å². The highest BCUT2D eigenvalue weighted by atomic mass is 32.2. The average Bonchev–Trinajstić information content (AvgIpc) is 3.01. The summed E-state index contributed by atoms with van der Waals surface area (Å²) in [6, 6.07) is 13.2. The zero-order valence-corrected chi connectivity index (χ0v) is 17.5. The van der Waals surface area contributed by atoms with Crippen LogP contribution in [-0.2, 0) is 21.4 Å². The van der Waals surface area contributed by atoms with E-state index < -0.39 is 22.0 Å². The number of carboxylic acids is 1. The van der Waals surface area contributed by atoms with Gasteiger partial charge in [-0.2, -0.15) is 4.72 Å². The molecule has 2 N–H and O–H groups in total. The van der Waals surface area contributed by atoms with Crippen molar-refractivity contribution in [2.24, 2.45) is 5.92 Å². The number of sulfonamides is 1. The van der Waals surface area contributed by atoms with Crippen molar-refractivity contribution in [2.45, 2.75) is 44.7 Å². The molecule has 0 spiro atoms. The summed E-state index contributed by atoms with van der Waals surface area (Å²) in [7, 11) is -3.93. The van der Waals surface area contributed by atoms with E-state index in [1.54, 1.807) is 19.1 Å². The van der Waals surface area contributed by atoms with Gasteiger partial charge in [0.15, 0.2) is 0 Å². The molecule has 0 unspecified atom stereocenters. The van der Waals surface area contributed by atoms with Crippen molar-refractivity contribution < 1.29 is 18.3 Å². The zero-order valence-electron chi connectivity index (χ0n) is 16.7. The van der Waals surface area contributed by atoms with Crippen LogP contribution in [0.15, 0.2) is 53.4 Å². The molecule has 154 valence electrons. The maximum atomic E-state index is 12.6. The van der Waals surface area contributed by atoms with Gasteiger partial charge in [0, 0.05) is 6.54 Å². The highest BCUT2D eigenvalue weighted by Crippen LogP contribution is 2.19. The Morgan fingerprint density at radius 1 is 1.17 bits per heavy atom. The van der Waals surface area contributed by atoms with Crippen LogP contribution in [0.25, 0.3) is 11.0 Å². The number of aliphatic carboxylic acids is 1. The van der Waals surface area contributed by atoms with Crippen LogP contribution in [0.1, 0.15) is 31.7 Å². The number of imidazole rings is 1. The van der Waals surface area contributed by atoms with E-state index in [1.807, 2.05) is 38.1 Å². The number of aromatic nitrogens is 2. The number of hydrogen-bond donors (Lipinski definition) is 2. The third-order valence-corrected chi connectivity index (χ3v) is 6.64. The lowest BCUT2D eigenvalue weighted by Crippen LogP contribution is -2.44. The summed E-state index contributed by atoms with van der Waals surface area (Å²) in [5, 5.41) is 9.35. The fourth-order valence-electron chi connectivity index (χ4n) is 3.23. The quantitative estimate of drug-likeness (QED) is 0.588. The normalized spacial score (nSPS) is 14.0.